The van der Waals surface area contributed by atoms with E-state index < -0.39 is 0 Å². The van der Waals surface area contributed by atoms with E-state index in [-0.39, 0.29) is 0 Å². The van der Waals surface area contributed by atoms with Gasteiger partial charge in [-0.05, 0) is 12.8 Å². The molecule has 1 aromatic rings. The first kappa shape index (κ1) is 11.5. The van der Waals surface area contributed by atoms with Gasteiger partial charge in [-0.25, -0.2) is 4.99 Å². The molecule has 0 atom stereocenters. The van der Waals surface area contributed by atoms with E-state index in [0.717, 1.165) is 25.5 Å². The number of fused-ring (bicyclic) bond motifs is 1. The molecule has 2 aliphatic rings. The van der Waals surface area contributed by atoms with Crippen LogP contribution in [0.1, 0.15) is 37.9 Å². The highest BCUT2D eigenvalue weighted by molar-refractivity contribution is 5.78. The van der Waals surface area contributed by atoms with Crippen molar-refractivity contribution >= 4 is 5.96 Å². The lowest BCUT2D eigenvalue weighted by atomic mass is 9.96. The number of hydrogen-bond acceptors (Lipinski definition) is 3. The third kappa shape index (κ3) is 2.32. The molecule has 0 saturated heterocycles. The van der Waals surface area contributed by atoms with E-state index in [9.17, 15) is 0 Å². The predicted molar refractivity (Wildman–Crippen MR) is 68.9 cm³/mol. The smallest absolute Gasteiger partial charge is 0.192 e. The van der Waals surface area contributed by atoms with Gasteiger partial charge < -0.3 is 15.2 Å². The number of hydrogen-bond donors (Lipinski definition) is 1. The Kier molecular flexibility index (Phi) is 3.17. The molecule has 6 heteroatoms. The third-order valence-corrected chi connectivity index (χ3v) is 3.85. The Hall–Kier alpha value is -1.59. The highest BCUT2D eigenvalue weighted by Gasteiger charge is 2.20. The molecular weight excluding hydrogens is 228 g/mol. The second-order valence-electron chi connectivity index (χ2n) is 5.14. The summed E-state index contributed by atoms with van der Waals surface area (Å²) in [7, 11) is 0. The largest absolute Gasteiger partial charge is 0.370 e. The first-order valence-corrected chi connectivity index (χ1v) is 6.78. The normalized spacial score (nSPS) is 22.0. The average molecular weight is 248 g/mol. The Morgan fingerprint density at radius 2 is 2.11 bits per heavy atom. The van der Waals surface area contributed by atoms with Gasteiger partial charge in [0.1, 0.15) is 6.33 Å². The van der Waals surface area contributed by atoms with E-state index in [1.54, 1.807) is 6.33 Å². The summed E-state index contributed by atoms with van der Waals surface area (Å²) in [6.07, 6.45) is 8.07. The molecule has 6 nitrogen and oxygen atoms in total. The van der Waals surface area contributed by atoms with E-state index in [2.05, 4.69) is 24.7 Å². The van der Waals surface area contributed by atoms with Gasteiger partial charge in [0, 0.05) is 13.1 Å². The summed E-state index contributed by atoms with van der Waals surface area (Å²) in [5.41, 5.74) is 6.12. The molecule has 0 radical (unpaired) electrons. The first-order chi connectivity index (χ1) is 8.83. The van der Waals surface area contributed by atoms with Gasteiger partial charge in [-0.2, -0.15) is 0 Å². The SMILES string of the molecule is NC(=NC1CCCCC1)N1CCn2cnnc2C1. The molecule has 0 bridgehead atoms. The molecule has 1 aromatic heterocycles. The molecule has 2 heterocycles. The van der Waals surface area contributed by atoms with Crippen molar-refractivity contribution in [1.82, 2.24) is 19.7 Å². The Labute approximate surface area is 107 Å². The van der Waals surface area contributed by atoms with Gasteiger partial charge in [0.2, 0.25) is 0 Å². The average Bonchev–Trinajstić information content (AvgIpc) is 2.87. The minimum absolute atomic E-state index is 0.429. The summed E-state index contributed by atoms with van der Waals surface area (Å²) in [4.78, 5) is 6.79. The fraction of sp³-hybridized carbons (Fsp3) is 0.750. The van der Waals surface area contributed by atoms with Crippen LogP contribution in [0.15, 0.2) is 11.3 Å². The lowest BCUT2D eigenvalue weighted by Gasteiger charge is -2.29. The zero-order chi connectivity index (χ0) is 12.4. The number of aromatic nitrogens is 3. The molecule has 1 aliphatic carbocycles. The van der Waals surface area contributed by atoms with Crippen molar-refractivity contribution in [2.45, 2.75) is 51.2 Å². The minimum Gasteiger partial charge on any atom is -0.370 e. The van der Waals surface area contributed by atoms with Crippen molar-refractivity contribution < 1.29 is 0 Å². The molecule has 18 heavy (non-hydrogen) atoms. The summed E-state index contributed by atoms with van der Waals surface area (Å²) in [6, 6.07) is 0.429. The zero-order valence-corrected chi connectivity index (χ0v) is 10.6. The van der Waals surface area contributed by atoms with Crippen LogP contribution in [0.3, 0.4) is 0 Å². The van der Waals surface area contributed by atoms with Crippen molar-refractivity contribution in [3.8, 4) is 0 Å². The van der Waals surface area contributed by atoms with Crippen LogP contribution in [-0.4, -0.2) is 38.2 Å². The Bertz CT molecular complexity index is 432. The first-order valence-electron chi connectivity index (χ1n) is 6.78. The van der Waals surface area contributed by atoms with Crippen molar-refractivity contribution in [2.75, 3.05) is 6.54 Å². The van der Waals surface area contributed by atoms with Crippen LogP contribution in [-0.2, 0) is 13.1 Å². The van der Waals surface area contributed by atoms with Gasteiger partial charge in [-0.3, -0.25) is 0 Å². The second-order valence-corrected chi connectivity index (χ2v) is 5.14. The van der Waals surface area contributed by atoms with Crippen molar-refractivity contribution in [3.63, 3.8) is 0 Å². The highest BCUT2D eigenvalue weighted by atomic mass is 15.4. The third-order valence-electron chi connectivity index (χ3n) is 3.85. The molecule has 2 N–H and O–H groups in total. The van der Waals surface area contributed by atoms with Gasteiger partial charge >= 0.3 is 0 Å². The number of rotatable bonds is 1. The molecule has 98 valence electrons. The van der Waals surface area contributed by atoms with Crippen molar-refractivity contribution in [1.29, 1.82) is 0 Å². The molecule has 1 aliphatic heterocycles. The second kappa shape index (κ2) is 4.96. The van der Waals surface area contributed by atoms with Crippen LogP contribution < -0.4 is 5.73 Å². The fourth-order valence-electron chi connectivity index (χ4n) is 2.74. The molecule has 1 fully saturated rings. The lowest BCUT2D eigenvalue weighted by Crippen LogP contribution is -2.43. The van der Waals surface area contributed by atoms with Gasteiger partial charge in [-0.15, -0.1) is 10.2 Å². The maximum Gasteiger partial charge on any atom is 0.192 e. The standard InChI is InChI=1S/C12H20N6/c13-12(15-10-4-2-1-3-5-10)17-6-7-18-9-14-16-11(18)8-17/h9-10H,1-8H2,(H2,13,15). The predicted octanol–water partition coefficient (Wildman–Crippen LogP) is 0.741. The van der Waals surface area contributed by atoms with Gasteiger partial charge in [-0.1, -0.05) is 19.3 Å². The number of guanidine groups is 1. The van der Waals surface area contributed by atoms with Crippen LogP contribution >= 0.6 is 0 Å². The molecule has 1 saturated carbocycles. The summed E-state index contributed by atoms with van der Waals surface area (Å²) in [5, 5.41) is 8.02. The molecular formula is C12H20N6. The van der Waals surface area contributed by atoms with E-state index in [0.29, 0.717) is 12.0 Å². The fourth-order valence-corrected chi connectivity index (χ4v) is 2.74. The number of nitrogens with zero attached hydrogens (tertiary/aromatic N) is 5. The molecule has 3 rings (SSSR count). The van der Waals surface area contributed by atoms with Crippen LogP contribution in [0.4, 0.5) is 0 Å². The topological polar surface area (TPSA) is 72.3 Å². The highest BCUT2D eigenvalue weighted by Crippen LogP contribution is 2.20. The van der Waals surface area contributed by atoms with Crippen LogP contribution in [0.2, 0.25) is 0 Å². The maximum absolute atomic E-state index is 6.12. The Morgan fingerprint density at radius 1 is 1.28 bits per heavy atom. The summed E-state index contributed by atoms with van der Waals surface area (Å²) < 4.78 is 2.07. The summed E-state index contributed by atoms with van der Waals surface area (Å²) >= 11 is 0. The quantitative estimate of drug-likeness (QED) is 0.588. The van der Waals surface area contributed by atoms with Crippen LogP contribution in [0.5, 0.6) is 0 Å². The maximum atomic E-state index is 6.12. The lowest BCUT2D eigenvalue weighted by molar-refractivity contribution is 0.322. The Morgan fingerprint density at radius 3 is 2.94 bits per heavy atom. The van der Waals surface area contributed by atoms with E-state index in [1.165, 1.54) is 32.1 Å². The summed E-state index contributed by atoms with van der Waals surface area (Å²) in [6.45, 7) is 2.51. The van der Waals surface area contributed by atoms with Crippen LogP contribution in [0, 0.1) is 0 Å². The van der Waals surface area contributed by atoms with Gasteiger partial charge in [0.05, 0.1) is 12.6 Å². The summed E-state index contributed by atoms with van der Waals surface area (Å²) in [5.74, 6) is 1.65. The van der Waals surface area contributed by atoms with E-state index >= 15 is 0 Å². The number of aliphatic imine (C=N–C) groups is 1. The monoisotopic (exact) mass is 248 g/mol. The van der Waals surface area contributed by atoms with Crippen molar-refractivity contribution in [2.24, 2.45) is 10.7 Å². The number of nitrogens with two attached hydrogens (primary N) is 1. The molecule has 0 amide bonds. The molecule has 0 spiro atoms. The minimum atomic E-state index is 0.429. The van der Waals surface area contributed by atoms with Gasteiger partial charge in [0.15, 0.2) is 11.8 Å². The van der Waals surface area contributed by atoms with Crippen LogP contribution in [0.25, 0.3) is 0 Å². The molecule has 0 unspecified atom stereocenters. The van der Waals surface area contributed by atoms with Gasteiger partial charge in [0.25, 0.3) is 0 Å². The van der Waals surface area contributed by atoms with Crippen molar-refractivity contribution in [3.05, 3.63) is 12.2 Å². The molecule has 0 aromatic carbocycles. The van der Waals surface area contributed by atoms with E-state index in [4.69, 9.17) is 5.73 Å². The Balaban J connectivity index is 1.66. The van der Waals surface area contributed by atoms with E-state index in [1.807, 2.05) is 0 Å². The zero-order valence-electron chi connectivity index (χ0n) is 10.6.